The average molecular weight is 252 g/mol. The summed E-state index contributed by atoms with van der Waals surface area (Å²) in [5.41, 5.74) is 1.67. The predicted octanol–water partition coefficient (Wildman–Crippen LogP) is 1.52. The summed E-state index contributed by atoms with van der Waals surface area (Å²) in [6, 6.07) is 0.0560. The topological polar surface area (TPSA) is 64.4 Å². The van der Waals surface area contributed by atoms with Gasteiger partial charge in [0.2, 0.25) is 5.91 Å². The molecule has 1 amide bonds. The Kier molecular flexibility index (Phi) is 4.01. The van der Waals surface area contributed by atoms with Gasteiger partial charge in [0, 0.05) is 12.2 Å². The zero-order valence-electron chi connectivity index (χ0n) is 11.2. The third kappa shape index (κ3) is 2.90. The van der Waals surface area contributed by atoms with Crippen LogP contribution in [-0.4, -0.2) is 29.8 Å². The van der Waals surface area contributed by atoms with E-state index in [1.54, 1.807) is 0 Å². The molecule has 5 heteroatoms. The third-order valence-corrected chi connectivity index (χ3v) is 3.43. The number of nitrogens with zero attached hydrogens (tertiary/aromatic N) is 1. The minimum absolute atomic E-state index is 0.00704. The van der Waals surface area contributed by atoms with Gasteiger partial charge in [-0.1, -0.05) is 5.16 Å². The van der Waals surface area contributed by atoms with Gasteiger partial charge in [0.15, 0.2) is 0 Å². The molecule has 1 saturated heterocycles. The Balaban J connectivity index is 1.88. The molecule has 1 aliphatic rings. The highest BCUT2D eigenvalue weighted by atomic mass is 16.5. The van der Waals surface area contributed by atoms with Crippen molar-refractivity contribution in [3.05, 3.63) is 17.0 Å². The highest BCUT2D eigenvalue weighted by molar-refractivity contribution is 5.79. The second-order valence-electron chi connectivity index (χ2n) is 4.89. The number of carbonyl (C=O) groups excluding carboxylic acids is 1. The molecule has 0 spiro atoms. The summed E-state index contributed by atoms with van der Waals surface area (Å²) in [7, 11) is 0. The van der Waals surface area contributed by atoms with E-state index in [0.29, 0.717) is 12.2 Å². The zero-order valence-corrected chi connectivity index (χ0v) is 11.2. The minimum atomic E-state index is -0.00704. The molecule has 1 aliphatic heterocycles. The molecule has 1 fully saturated rings. The second-order valence-corrected chi connectivity index (χ2v) is 4.89. The lowest BCUT2D eigenvalue weighted by atomic mass is 10.1. The van der Waals surface area contributed by atoms with E-state index in [1.165, 1.54) is 0 Å². The van der Waals surface area contributed by atoms with Crippen LogP contribution in [0.5, 0.6) is 0 Å². The van der Waals surface area contributed by atoms with Crippen molar-refractivity contribution in [1.82, 2.24) is 10.5 Å². The smallest absolute Gasteiger partial charge is 0.224 e. The van der Waals surface area contributed by atoms with Gasteiger partial charge in [-0.05, 0) is 33.6 Å². The van der Waals surface area contributed by atoms with Gasteiger partial charge in [0.1, 0.15) is 5.76 Å². The summed E-state index contributed by atoms with van der Waals surface area (Å²) in [6.07, 6.45) is 2.57. The summed E-state index contributed by atoms with van der Waals surface area (Å²) in [5.74, 6) is 0.708. The number of hydrogen-bond donors (Lipinski definition) is 1. The van der Waals surface area contributed by atoms with Crippen LogP contribution in [0.15, 0.2) is 4.52 Å². The number of carbonyl (C=O) groups is 1. The van der Waals surface area contributed by atoms with Crippen LogP contribution < -0.4 is 5.32 Å². The molecular weight excluding hydrogens is 232 g/mol. The standard InChI is InChI=1S/C13H20N2O3/c1-8-11(10(3)18-15-8)7-13(16)14-9(2)12-5-4-6-17-12/h9,12H,4-7H2,1-3H3,(H,14,16)/t9-,12-/m0/s1. The van der Waals surface area contributed by atoms with Gasteiger partial charge >= 0.3 is 0 Å². The first-order chi connectivity index (χ1) is 8.58. The van der Waals surface area contributed by atoms with Gasteiger partial charge < -0.3 is 14.6 Å². The first kappa shape index (κ1) is 13.1. The fourth-order valence-electron chi connectivity index (χ4n) is 2.31. The number of ether oxygens (including phenoxy) is 1. The number of aryl methyl sites for hydroxylation is 2. The molecular formula is C13H20N2O3. The summed E-state index contributed by atoms with van der Waals surface area (Å²) < 4.78 is 10.6. The first-order valence-corrected chi connectivity index (χ1v) is 6.40. The highest BCUT2D eigenvalue weighted by Gasteiger charge is 2.24. The molecule has 1 aromatic heterocycles. The van der Waals surface area contributed by atoms with Gasteiger partial charge in [0.25, 0.3) is 0 Å². The maximum atomic E-state index is 11.9. The minimum Gasteiger partial charge on any atom is -0.376 e. The van der Waals surface area contributed by atoms with Crippen LogP contribution in [0.2, 0.25) is 0 Å². The zero-order chi connectivity index (χ0) is 13.1. The molecule has 0 saturated carbocycles. The van der Waals surface area contributed by atoms with E-state index >= 15 is 0 Å². The number of rotatable bonds is 4. The molecule has 2 atom stereocenters. The SMILES string of the molecule is Cc1noc(C)c1CC(=O)N[C@@H](C)[C@@H]1CCCO1. The van der Waals surface area contributed by atoms with E-state index in [4.69, 9.17) is 9.26 Å². The molecule has 5 nitrogen and oxygen atoms in total. The van der Waals surface area contributed by atoms with Crippen LogP contribution in [0.4, 0.5) is 0 Å². The van der Waals surface area contributed by atoms with Crippen LogP contribution in [-0.2, 0) is 16.0 Å². The lowest BCUT2D eigenvalue weighted by Gasteiger charge is -2.19. The van der Waals surface area contributed by atoms with Gasteiger partial charge in [-0.3, -0.25) is 4.79 Å². The first-order valence-electron chi connectivity index (χ1n) is 6.40. The molecule has 0 bridgehead atoms. The largest absolute Gasteiger partial charge is 0.376 e. The summed E-state index contributed by atoms with van der Waals surface area (Å²) >= 11 is 0. The van der Waals surface area contributed by atoms with E-state index in [-0.39, 0.29) is 18.1 Å². The van der Waals surface area contributed by atoms with Crippen molar-refractivity contribution in [3.8, 4) is 0 Å². The van der Waals surface area contributed by atoms with Gasteiger partial charge in [-0.25, -0.2) is 0 Å². The van der Waals surface area contributed by atoms with Crippen molar-refractivity contribution in [2.24, 2.45) is 0 Å². The van der Waals surface area contributed by atoms with Crippen LogP contribution in [0.25, 0.3) is 0 Å². The molecule has 2 heterocycles. The van der Waals surface area contributed by atoms with E-state index in [9.17, 15) is 4.79 Å². The Labute approximate surface area is 107 Å². The number of aromatic nitrogens is 1. The number of hydrogen-bond acceptors (Lipinski definition) is 4. The Morgan fingerprint density at radius 3 is 2.89 bits per heavy atom. The fraction of sp³-hybridized carbons (Fsp3) is 0.692. The molecule has 2 rings (SSSR count). The lowest BCUT2D eigenvalue weighted by molar-refractivity contribution is -0.121. The second kappa shape index (κ2) is 5.52. The molecule has 0 aromatic carbocycles. The van der Waals surface area contributed by atoms with Crippen LogP contribution in [0.1, 0.15) is 36.8 Å². The van der Waals surface area contributed by atoms with Crippen LogP contribution in [0.3, 0.4) is 0 Å². The Morgan fingerprint density at radius 2 is 2.33 bits per heavy atom. The monoisotopic (exact) mass is 252 g/mol. The van der Waals surface area contributed by atoms with Gasteiger partial charge in [0.05, 0.1) is 24.3 Å². The quantitative estimate of drug-likeness (QED) is 0.882. The molecule has 1 N–H and O–H groups in total. The lowest BCUT2D eigenvalue weighted by Crippen LogP contribution is -2.41. The van der Waals surface area contributed by atoms with Crippen molar-refractivity contribution >= 4 is 5.91 Å². The molecule has 100 valence electrons. The Hall–Kier alpha value is -1.36. The van der Waals surface area contributed by atoms with E-state index in [1.807, 2.05) is 20.8 Å². The van der Waals surface area contributed by atoms with Crippen LogP contribution >= 0.6 is 0 Å². The third-order valence-electron chi connectivity index (χ3n) is 3.43. The van der Waals surface area contributed by atoms with Crippen LogP contribution in [0, 0.1) is 13.8 Å². The van der Waals surface area contributed by atoms with E-state index in [2.05, 4.69) is 10.5 Å². The summed E-state index contributed by atoms with van der Waals surface area (Å²) in [4.78, 5) is 11.9. The maximum Gasteiger partial charge on any atom is 0.224 e. The molecule has 0 radical (unpaired) electrons. The van der Waals surface area contributed by atoms with Crippen molar-refractivity contribution in [3.63, 3.8) is 0 Å². The average Bonchev–Trinajstić information content (AvgIpc) is 2.94. The van der Waals surface area contributed by atoms with E-state index in [0.717, 1.165) is 30.7 Å². The number of amides is 1. The Bertz CT molecular complexity index is 402. The van der Waals surface area contributed by atoms with E-state index < -0.39 is 0 Å². The van der Waals surface area contributed by atoms with Crippen molar-refractivity contribution in [2.75, 3.05) is 6.61 Å². The summed E-state index contributed by atoms with van der Waals surface area (Å²) in [5, 5.41) is 6.83. The highest BCUT2D eigenvalue weighted by Crippen LogP contribution is 2.16. The normalized spacial score (nSPS) is 20.9. The number of nitrogens with one attached hydrogen (secondary N) is 1. The maximum absolute atomic E-state index is 11.9. The van der Waals surface area contributed by atoms with Gasteiger partial charge in [-0.15, -0.1) is 0 Å². The summed E-state index contributed by atoms with van der Waals surface area (Å²) in [6.45, 7) is 6.46. The molecule has 1 aromatic rings. The molecule has 0 aliphatic carbocycles. The van der Waals surface area contributed by atoms with Gasteiger partial charge in [-0.2, -0.15) is 0 Å². The van der Waals surface area contributed by atoms with Crippen molar-refractivity contribution < 1.29 is 14.1 Å². The van der Waals surface area contributed by atoms with Crippen molar-refractivity contribution in [2.45, 2.75) is 52.2 Å². The Morgan fingerprint density at radius 1 is 1.56 bits per heavy atom. The molecule has 0 unspecified atom stereocenters. The fourth-order valence-corrected chi connectivity index (χ4v) is 2.31. The van der Waals surface area contributed by atoms with Crippen molar-refractivity contribution in [1.29, 1.82) is 0 Å². The molecule has 18 heavy (non-hydrogen) atoms. The predicted molar refractivity (Wildman–Crippen MR) is 66.3 cm³/mol.